The molecule has 0 radical (unpaired) electrons. The first-order valence-corrected chi connectivity index (χ1v) is 10.8. The van der Waals surface area contributed by atoms with Gasteiger partial charge in [-0.05, 0) is 37.5 Å². The van der Waals surface area contributed by atoms with Crippen molar-refractivity contribution < 1.29 is 14.0 Å². The summed E-state index contributed by atoms with van der Waals surface area (Å²) in [4.78, 5) is 12.3. The van der Waals surface area contributed by atoms with Crippen LogP contribution < -0.4 is 0 Å². The molecule has 1 heterocycles. The molecule has 1 fully saturated rings. The molecule has 4 heteroatoms. The largest absolute Gasteiger partial charge is 0.454 e. The molecule has 1 aromatic carbocycles. The highest BCUT2D eigenvalue weighted by Crippen LogP contribution is 2.48. The molecule has 0 spiro atoms. The number of carbonyl (C=O) groups excluding carboxylic acids is 1. The molecular weight excluding hydrogens is 292 g/mol. The third kappa shape index (κ3) is 2.99. The number of benzene rings is 1. The molecule has 2 atom stereocenters. The molecule has 22 heavy (non-hydrogen) atoms. The Bertz CT molecular complexity index is 543. The van der Waals surface area contributed by atoms with Crippen LogP contribution in [0.1, 0.15) is 46.3 Å². The van der Waals surface area contributed by atoms with Gasteiger partial charge in [-0.3, -0.25) is 4.79 Å². The zero-order valence-electron chi connectivity index (χ0n) is 14.8. The first-order chi connectivity index (χ1) is 9.97. The van der Waals surface area contributed by atoms with Gasteiger partial charge in [-0.2, -0.15) is 0 Å². The summed E-state index contributed by atoms with van der Waals surface area (Å²) in [6.07, 6.45) is -0.568. The Kier molecular flexibility index (Phi) is 4.30. The van der Waals surface area contributed by atoms with Gasteiger partial charge in [0.25, 0.3) is 0 Å². The minimum atomic E-state index is -2.00. The van der Waals surface area contributed by atoms with Crippen molar-refractivity contribution in [2.24, 2.45) is 5.41 Å². The molecule has 0 N–H and O–H groups in total. The van der Waals surface area contributed by atoms with Crippen molar-refractivity contribution in [3.8, 4) is 0 Å². The molecule has 1 aromatic rings. The summed E-state index contributed by atoms with van der Waals surface area (Å²) < 4.78 is 12.3. The molecule has 0 aromatic heterocycles. The van der Waals surface area contributed by atoms with Crippen LogP contribution in [-0.4, -0.2) is 20.4 Å². The van der Waals surface area contributed by atoms with Crippen LogP contribution >= 0.6 is 0 Å². The first kappa shape index (κ1) is 17.2. The predicted octanol–water partition coefficient (Wildman–Crippen LogP) is 4.70. The van der Waals surface area contributed by atoms with Crippen molar-refractivity contribution in [2.75, 3.05) is 0 Å². The molecule has 0 bridgehead atoms. The van der Waals surface area contributed by atoms with Gasteiger partial charge in [0.2, 0.25) is 0 Å². The highest BCUT2D eigenvalue weighted by Gasteiger charge is 2.55. The van der Waals surface area contributed by atoms with E-state index in [0.717, 1.165) is 5.56 Å². The lowest BCUT2D eigenvalue weighted by Crippen LogP contribution is -2.48. The van der Waals surface area contributed by atoms with Crippen LogP contribution in [-0.2, 0) is 14.0 Å². The highest BCUT2D eigenvalue weighted by atomic mass is 28.4. The van der Waals surface area contributed by atoms with Crippen molar-refractivity contribution in [3.05, 3.63) is 35.9 Å². The van der Waals surface area contributed by atoms with Gasteiger partial charge in [-0.15, -0.1) is 0 Å². The van der Waals surface area contributed by atoms with Gasteiger partial charge in [0.15, 0.2) is 14.4 Å². The Morgan fingerprint density at radius 2 is 1.68 bits per heavy atom. The Balaban J connectivity index is 2.37. The number of rotatable bonds is 3. The molecule has 0 unspecified atom stereocenters. The average molecular weight is 321 g/mol. The molecule has 1 aliphatic heterocycles. The smallest absolute Gasteiger partial charge is 0.314 e. The van der Waals surface area contributed by atoms with Crippen LogP contribution in [0, 0.1) is 5.41 Å². The monoisotopic (exact) mass is 320 g/mol. The molecule has 1 aliphatic rings. The van der Waals surface area contributed by atoms with Crippen molar-refractivity contribution in [2.45, 2.75) is 65.0 Å². The Morgan fingerprint density at radius 3 is 2.18 bits per heavy atom. The van der Waals surface area contributed by atoms with E-state index in [1.165, 1.54) is 0 Å². The number of cyclic esters (lactones) is 1. The molecule has 1 saturated heterocycles. The first-order valence-electron chi connectivity index (χ1n) is 7.91. The zero-order valence-corrected chi connectivity index (χ0v) is 15.8. The van der Waals surface area contributed by atoms with Crippen LogP contribution in [0.5, 0.6) is 0 Å². The zero-order chi connectivity index (χ0) is 16.8. The fourth-order valence-electron chi connectivity index (χ4n) is 2.41. The van der Waals surface area contributed by atoms with Crippen molar-refractivity contribution in [3.63, 3.8) is 0 Å². The van der Waals surface area contributed by atoms with E-state index >= 15 is 0 Å². The van der Waals surface area contributed by atoms with Gasteiger partial charge < -0.3 is 9.16 Å². The maximum absolute atomic E-state index is 12.3. The van der Waals surface area contributed by atoms with Crippen molar-refractivity contribution in [1.82, 2.24) is 0 Å². The molecule has 122 valence electrons. The van der Waals surface area contributed by atoms with Gasteiger partial charge in [0, 0.05) is 0 Å². The summed E-state index contributed by atoms with van der Waals surface area (Å²) in [5.41, 5.74) is 0.376. The molecule has 3 nitrogen and oxygen atoms in total. The summed E-state index contributed by atoms with van der Waals surface area (Å²) >= 11 is 0. The van der Waals surface area contributed by atoms with Crippen molar-refractivity contribution >= 4 is 14.3 Å². The van der Waals surface area contributed by atoms with Gasteiger partial charge in [-0.25, -0.2) is 0 Å². The van der Waals surface area contributed by atoms with E-state index < -0.39 is 13.7 Å². The predicted molar refractivity (Wildman–Crippen MR) is 91.1 cm³/mol. The second-order valence-electron chi connectivity index (χ2n) is 8.26. The third-order valence-electron chi connectivity index (χ3n) is 5.10. The minimum absolute atomic E-state index is 0.0932. The number of esters is 1. The average Bonchev–Trinajstić information content (AvgIpc) is 2.62. The van der Waals surface area contributed by atoms with Gasteiger partial charge in [-0.1, -0.05) is 51.1 Å². The maximum atomic E-state index is 12.3. The van der Waals surface area contributed by atoms with Crippen LogP contribution in [0.15, 0.2) is 30.3 Å². The van der Waals surface area contributed by atoms with E-state index in [4.69, 9.17) is 9.16 Å². The van der Waals surface area contributed by atoms with Crippen LogP contribution in [0.4, 0.5) is 0 Å². The minimum Gasteiger partial charge on any atom is -0.454 e. The number of hydrogen-bond donors (Lipinski definition) is 0. The lowest BCUT2D eigenvalue weighted by molar-refractivity contribution is -0.147. The van der Waals surface area contributed by atoms with Gasteiger partial charge in [0.1, 0.15) is 6.10 Å². The fourth-order valence-corrected chi connectivity index (χ4v) is 3.82. The van der Waals surface area contributed by atoms with E-state index in [0.29, 0.717) is 0 Å². The number of carbonyl (C=O) groups is 1. The summed E-state index contributed by atoms with van der Waals surface area (Å²) in [5, 5.41) is 0.0932. The second kappa shape index (κ2) is 5.50. The van der Waals surface area contributed by atoms with E-state index in [1.54, 1.807) is 0 Å². The molecule has 0 aliphatic carbocycles. The normalized spacial score (nSPS) is 25.1. The fraction of sp³-hybridized carbons (Fsp3) is 0.611. The second-order valence-corrected chi connectivity index (χ2v) is 13.0. The lowest BCUT2D eigenvalue weighted by Gasteiger charge is -2.41. The number of ether oxygens (including phenoxy) is 1. The van der Waals surface area contributed by atoms with Gasteiger partial charge in [0.05, 0.1) is 5.41 Å². The Hall–Kier alpha value is -1.13. The molecule has 0 amide bonds. The van der Waals surface area contributed by atoms with Gasteiger partial charge >= 0.3 is 5.97 Å². The third-order valence-corrected chi connectivity index (χ3v) is 9.56. The van der Waals surface area contributed by atoms with Crippen LogP contribution in [0.25, 0.3) is 0 Å². The van der Waals surface area contributed by atoms with Crippen molar-refractivity contribution in [1.29, 1.82) is 0 Å². The molecule has 2 rings (SSSR count). The lowest BCUT2D eigenvalue weighted by atomic mass is 9.85. The summed E-state index contributed by atoms with van der Waals surface area (Å²) in [6.45, 7) is 14.9. The SMILES string of the molecule is CC1(C)C(=O)O[C@H](c2ccccc2)[C@H]1O[Si](C)(C)C(C)(C)C. The standard InChI is InChI=1S/C18H28O3Si/c1-17(2,3)22(6,7)21-15-14(13-11-9-8-10-12-13)20-16(19)18(15,4)5/h8-12,14-15H,1-7H3/t14-,15-/m1/s1. The van der Waals surface area contributed by atoms with Crippen LogP contribution in [0.2, 0.25) is 18.1 Å². The van der Waals surface area contributed by atoms with E-state index in [1.807, 2.05) is 44.2 Å². The summed E-state index contributed by atoms with van der Waals surface area (Å²) in [5.74, 6) is -0.176. The number of hydrogen-bond acceptors (Lipinski definition) is 3. The Morgan fingerprint density at radius 1 is 1.14 bits per heavy atom. The topological polar surface area (TPSA) is 35.5 Å². The molecule has 0 saturated carbocycles. The highest BCUT2D eigenvalue weighted by molar-refractivity contribution is 6.74. The summed E-state index contributed by atoms with van der Waals surface area (Å²) in [6, 6.07) is 9.91. The molecular formula is C18H28O3Si. The Labute approximate surface area is 135 Å². The summed E-state index contributed by atoms with van der Waals surface area (Å²) in [7, 11) is -2.00. The van der Waals surface area contributed by atoms with Crippen LogP contribution in [0.3, 0.4) is 0 Å². The van der Waals surface area contributed by atoms with E-state index in [-0.39, 0.29) is 23.2 Å². The van der Waals surface area contributed by atoms with E-state index in [2.05, 4.69) is 33.9 Å². The maximum Gasteiger partial charge on any atom is 0.314 e. The van der Waals surface area contributed by atoms with E-state index in [9.17, 15) is 4.79 Å². The quantitative estimate of drug-likeness (QED) is 0.598.